The zero-order chi connectivity index (χ0) is 16.7. The molecule has 0 unspecified atom stereocenters. The molecule has 0 aliphatic carbocycles. The Kier molecular flexibility index (Phi) is 6.32. The van der Waals surface area contributed by atoms with Gasteiger partial charge in [0.25, 0.3) is 0 Å². The maximum atomic E-state index is 11.5. The second-order valence-electron chi connectivity index (χ2n) is 5.88. The Balaban J connectivity index is 1.94. The molecule has 4 N–H and O–H groups in total. The van der Waals surface area contributed by atoms with E-state index < -0.39 is 24.0 Å². The molecule has 0 heterocycles. The number of nitrogens with two attached hydrogens (primary N) is 1. The first-order valence-corrected chi connectivity index (χ1v) is 7.80. The molecule has 4 nitrogen and oxygen atoms in total. The van der Waals surface area contributed by atoms with Crippen molar-refractivity contribution in [2.24, 2.45) is 11.7 Å². The molecule has 0 saturated heterocycles. The Labute approximate surface area is 136 Å². The van der Waals surface area contributed by atoms with Gasteiger partial charge < -0.3 is 15.9 Å². The summed E-state index contributed by atoms with van der Waals surface area (Å²) in [6.45, 7) is 0. The van der Waals surface area contributed by atoms with Crippen molar-refractivity contribution in [1.82, 2.24) is 0 Å². The van der Waals surface area contributed by atoms with Crippen molar-refractivity contribution in [3.63, 3.8) is 0 Å². The fraction of sp³-hybridized carbons (Fsp3) is 0.316. The number of carbonyl (C=O) groups is 1. The fourth-order valence-corrected chi connectivity index (χ4v) is 2.66. The smallest absolute Gasteiger partial charge is 0.306 e. The summed E-state index contributed by atoms with van der Waals surface area (Å²) >= 11 is 0. The zero-order valence-corrected chi connectivity index (χ0v) is 13.0. The van der Waals surface area contributed by atoms with Crippen molar-refractivity contribution in [3.8, 4) is 0 Å². The molecule has 0 saturated carbocycles. The van der Waals surface area contributed by atoms with E-state index >= 15 is 0 Å². The molecule has 2 aromatic rings. The molecule has 0 amide bonds. The topological polar surface area (TPSA) is 83.5 Å². The van der Waals surface area contributed by atoms with Gasteiger partial charge in [0.1, 0.15) is 0 Å². The van der Waals surface area contributed by atoms with Gasteiger partial charge in [-0.25, -0.2) is 0 Å². The van der Waals surface area contributed by atoms with Gasteiger partial charge in [-0.2, -0.15) is 0 Å². The minimum atomic E-state index is -0.903. The summed E-state index contributed by atoms with van der Waals surface area (Å²) in [5.41, 5.74) is 8.03. The molecule has 2 rings (SSSR count). The summed E-state index contributed by atoms with van der Waals surface area (Å²) in [6.07, 6.45) is 0.225. The van der Waals surface area contributed by atoms with Crippen molar-refractivity contribution in [2.75, 3.05) is 0 Å². The van der Waals surface area contributed by atoms with Crippen LogP contribution in [0.1, 0.15) is 17.5 Å². The Morgan fingerprint density at radius 2 is 1.39 bits per heavy atom. The predicted octanol–water partition coefficient (Wildman–Crippen LogP) is 2.25. The number of carboxylic acid groups (broad SMARTS) is 1. The van der Waals surface area contributed by atoms with Gasteiger partial charge in [-0.1, -0.05) is 60.7 Å². The molecule has 23 heavy (non-hydrogen) atoms. The van der Waals surface area contributed by atoms with Crippen LogP contribution < -0.4 is 5.73 Å². The van der Waals surface area contributed by atoms with Crippen LogP contribution in [0.2, 0.25) is 0 Å². The Morgan fingerprint density at radius 1 is 0.913 bits per heavy atom. The first kappa shape index (κ1) is 17.2. The Hall–Kier alpha value is -2.17. The van der Waals surface area contributed by atoms with E-state index in [1.807, 2.05) is 60.7 Å². The molecular formula is C19H23NO3. The van der Waals surface area contributed by atoms with Gasteiger partial charge in [-0.3, -0.25) is 4.79 Å². The summed E-state index contributed by atoms with van der Waals surface area (Å²) in [5, 5.41) is 19.7. The number of benzene rings is 2. The quantitative estimate of drug-likeness (QED) is 0.698. The van der Waals surface area contributed by atoms with E-state index in [4.69, 9.17) is 5.73 Å². The molecule has 0 radical (unpaired) electrons. The molecule has 2 aromatic carbocycles. The van der Waals surface area contributed by atoms with E-state index in [0.717, 1.165) is 11.1 Å². The van der Waals surface area contributed by atoms with Crippen LogP contribution in [0.5, 0.6) is 0 Å². The lowest BCUT2D eigenvalue weighted by molar-refractivity contribution is -0.142. The summed E-state index contributed by atoms with van der Waals surface area (Å²) in [7, 11) is 0. The highest BCUT2D eigenvalue weighted by Crippen LogP contribution is 2.17. The third-order valence-electron chi connectivity index (χ3n) is 4.01. The van der Waals surface area contributed by atoms with E-state index in [0.29, 0.717) is 12.8 Å². The minimum Gasteiger partial charge on any atom is -0.481 e. The largest absolute Gasteiger partial charge is 0.481 e. The molecule has 0 aliphatic heterocycles. The van der Waals surface area contributed by atoms with Crippen LogP contribution in [0.25, 0.3) is 0 Å². The molecule has 4 heteroatoms. The van der Waals surface area contributed by atoms with Gasteiger partial charge in [-0.05, 0) is 30.4 Å². The van der Waals surface area contributed by atoms with Crippen LogP contribution in [0.3, 0.4) is 0 Å². The molecule has 0 fully saturated rings. The number of aliphatic hydroxyl groups excluding tert-OH is 1. The SMILES string of the molecule is N[C@@H](Cc1ccccc1)[C@@H](O)C[C@H](Cc1ccccc1)C(=O)O. The van der Waals surface area contributed by atoms with Crippen LogP contribution in [-0.4, -0.2) is 28.3 Å². The van der Waals surface area contributed by atoms with Crippen molar-refractivity contribution in [2.45, 2.75) is 31.4 Å². The minimum absolute atomic E-state index is 0.151. The molecule has 0 aromatic heterocycles. The van der Waals surface area contributed by atoms with Crippen molar-refractivity contribution < 1.29 is 15.0 Å². The van der Waals surface area contributed by atoms with Gasteiger partial charge in [-0.15, -0.1) is 0 Å². The average Bonchev–Trinajstić information content (AvgIpc) is 2.56. The van der Waals surface area contributed by atoms with E-state index in [-0.39, 0.29) is 6.42 Å². The maximum absolute atomic E-state index is 11.5. The van der Waals surface area contributed by atoms with E-state index in [9.17, 15) is 15.0 Å². The first-order chi connectivity index (χ1) is 11.1. The number of rotatable bonds is 8. The number of hydrogen-bond acceptors (Lipinski definition) is 3. The molecule has 122 valence electrons. The molecule has 0 spiro atoms. The zero-order valence-electron chi connectivity index (χ0n) is 13.0. The third-order valence-corrected chi connectivity index (χ3v) is 4.01. The van der Waals surface area contributed by atoms with Crippen molar-refractivity contribution >= 4 is 5.97 Å². The molecule has 3 atom stereocenters. The number of aliphatic carboxylic acids is 1. The highest BCUT2D eigenvalue weighted by molar-refractivity contribution is 5.70. The summed E-state index contributed by atoms with van der Waals surface area (Å²) in [6, 6.07) is 18.6. The van der Waals surface area contributed by atoms with Crippen molar-refractivity contribution in [3.05, 3.63) is 71.8 Å². The van der Waals surface area contributed by atoms with Crippen LogP contribution in [0.15, 0.2) is 60.7 Å². The number of aliphatic hydroxyl groups is 1. The van der Waals surface area contributed by atoms with E-state index in [1.54, 1.807) is 0 Å². The first-order valence-electron chi connectivity index (χ1n) is 7.80. The van der Waals surface area contributed by atoms with Gasteiger partial charge >= 0.3 is 5.97 Å². The third kappa shape index (κ3) is 5.51. The second kappa shape index (κ2) is 8.46. The predicted molar refractivity (Wildman–Crippen MR) is 90.0 cm³/mol. The number of carboxylic acids is 1. The lowest BCUT2D eigenvalue weighted by Crippen LogP contribution is -2.39. The molecular weight excluding hydrogens is 290 g/mol. The summed E-state index contributed by atoms with van der Waals surface area (Å²) < 4.78 is 0. The van der Waals surface area contributed by atoms with Gasteiger partial charge in [0.15, 0.2) is 0 Å². The lowest BCUT2D eigenvalue weighted by Gasteiger charge is -2.22. The van der Waals surface area contributed by atoms with E-state index in [1.165, 1.54) is 0 Å². The van der Waals surface area contributed by atoms with Crippen LogP contribution in [0, 0.1) is 5.92 Å². The normalized spacial score (nSPS) is 14.9. The van der Waals surface area contributed by atoms with Gasteiger partial charge in [0.2, 0.25) is 0 Å². The Morgan fingerprint density at radius 3 is 1.87 bits per heavy atom. The molecule has 0 aliphatic rings. The van der Waals surface area contributed by atoms with Crippen LogP contribution in [0.4, 0.5) is 0 Å². The van der Waals surface area contributed by atoms with Gasteiger partial charge in [0, 0.05) is 6.04 Å². The van der Waals surface area contributed by atoms with Crippen molar-refractivity contribution in [1.29, 1.82) is 0 Å². The molecule has 0 bridgehead atoms. The average molecular weight is 313 g/mol. The Bertz CT molecular complexity index is 601. The van der Waals surface area contributed by atoms with Gasteiger partial charge in [0.05, 0.1) is 12.0 Å². The highest BCUT2D eigenvalue weighted by Gasteiger charge is 2.25. The van der Waals surface area contributed by atoms with E-state index in [2.05, 4.69) is 0 Å². The number of hydrogen-bond donors (Lipinski definition) is 3. The lowest BCUT2D eigenvalue weighted by atomic mass is 9.90. The second-order valence-corrected chi connectivity index (χ2v) is 5.88. The van der Waals surface area contributed by atoms with Crippen LogP contribution in [-0.2, 0) is 17.6 Å². The summed E-state index contributed by atoms with van der Waals surface area (Å²) in [4.78, 5) is 11.5. The van der Waals surface area contributed by atoms with Crippen LogP contribution >= 0.6 is 0 Å². The highest BCUT2D eigenvalue weighted by atomic mass is 16.4. The standard InChI is InChI=1S/C19H23NO3/c20-17(12-15-9-5-2-6-10-15)18(21)13-16(19(22)23)11-14-7-3-1-4-8-14/h1-10,16-18,21H,11-13,20H2,(H,22,23)/t16-,17-,18-/m0/s1. The maximum Gasteiger partial charge on any atom is 0.306 e. The fourth-order valence-electron chi connectivity index (χ4n) is 2.66. The summed E-state index contributed by atoms with van der Waals surface area (Å²) in [5.74, 6) is -1.55. The monoisotopic (exact) mass is 313 g/mol.